The lowest BCUT2D eigenvalue weighted by atomic mass is 9.68. The maximum absolute atomic E-state index is 13.8. The standard InChI is InChI=1S/C23H28FNO3/c1-21(2,3)28-20(26)22(11-12-22)23(27)9-6-15(7-10-23)17-8-13-25-19-5-4-16(24)14-18(17)19/h4-5,8,13-15,27H,6-7,9-12H2,1-3H3. The van der Waals surface area contributed by atoms with E-state index in [9.17, 15) is 14.3 Å². The van der Waals surface area contributed by atoms with Gasteiger partial charge < -0.3 is 9.84 Å². The second-order valence-corrected chi connectivity index (χ2v) is 9.45. The Hall–Kier alpha value is -2.01. The molecule has 0 amide bonds. The quantitative estimate of drug-likeness (QED) is 0.765. The van der Waals surface area contributed by atoms with Crippen LogP contribution in [-0.4, -0.2) is 27.3 Å². The Morgan fingerprint density at radius 2 is 1.86 bits per heavy atom. The first kappa shape index (κ1) is 19.3. The highest BCUT2D eigenvalue weighted by atomic mass is 19.1. The molecule has 0 saturated heterocycles. The predicted molar refractivity (Wildman–Crippen MR) is 105 cm³/mol. The third kappa shape index (κ3) is 3.30. The van der Waals surface area contributed by atoms with Crippen LogP contribution in [0.5, 0.6) is 0 Å². The Labute approximate surface area is 165 Å². The van der Waals surface area contributed by atoms with E-state index in [0.29, 0.717) is 25.7 Å². The summed E-state index contributed by atoms with van der Waals surface area (Å²) >= 11 is 0. The minimum atomic E-state index is -1.01. The number of pyridine rings is 1. The maximum Gasteiger partial charge on any atom is 0.315 e. The topological polar surface area (TPSA) is 59.4 Å². The summed E-state index contributed by atoms with van der Waals surface area (Å²) in [4.78, 5) is 17.1. The van der Waals surface area contributed by atoms with Crippen LogP contribution in [0.25, 0.3) is 10.9 Å². The van der Waals surface area contributed by atoms with Gasteiger partial charge in [-0.05, 0) is 95.0 Å². The summed E-state index contributed by atoms with van der Waals surface area (Å²) in [5.74, 6) is -0.310. The molecule has 1 heterocycles. The van der Waals surface area contributed by atoms with E-state index < -0.39 is 16.6 Å². The van der Waals surface area contributed by atoms with E-state index >= 15 is 0 Å². The summed E-state index contributed by atoms with van der Waals surface area (Å²) < 4.78 is 19.4. The minimum Gasteiger partial charge on any atom is -0.459 e. The molecule has 4 rings (SSSR count). The Morgan fingerprint density at radius 1 is 1.18 bits per heavy atom. The van der Waals surface area contributed by atoms with Gasteiger partial charge in [0.25, 0.3) is 0 Å². The van der Waals surface area contributed by atoms with Crippen molar-refractivity contribution in [1.82, 2.24) is 4.98 Å². The molecule has 0 unspecified atom stereocenters. The first-order chi connectivity index (χ1) is 13.1. The first-order valence-electron chi connectivity index (χ1n) is 10.1. The van der Waals surface area contributed by atoms with Gasteiger partial charge in [-0.1, -0.05) is 0 Å². The normalized spacial score (nSPS) is 26.8. The second-order valence-electron chi connectivity index (χ2n) is 9.45. The van der Waals surface area contributed by atoms with E-state index in [4.69, 9.17) is 4.74 Å². The van der Waals surface area contributed by atoms with Crippen LogP contribution in [0.4, 0.5) is 4.39 Å². The molecule has 2 aromatic rings. The molecule has 0 spiro atoms. The Morgan fingerprint density at radius 3 is 2.46 bits per heavy atom. The summed E-state index contributed by atoms with van der Waals surface area (Å²) in [5.41, 5.74) is -0.460. The van der Waals surface area contributed by atoms with Gasteiger partial charge in [0.1, 0.15) is 11.4 Å². The van der Waals surface area contributed by atoms with Crippen LogP contribution in [0.15, 0.2) is 30.5 Å². The minimum absolute atomic E-state index is 0.224. The predicted octanol–water partition coefficient (Wildman–Crippen LogP) is 4.88. The molecule has 2 aliphatic carbocycles. The number of benzene rings is 1. The first-order valence-corrected chi connectivity index (χ1v) is 10.1. The zero-order valence-electron chi connectivity index (χ0n) is 16.8. The van der Waals surface area contributed by atoms with Crippen LogP contribution in [0.3, 0.4) is 0 Å². The van der Waals surface area contributed by atoms with E-state index in [1.807, 2.05) is 26.8 Å². The van der Waals surface area contributed by atoms with E-state index in [-0.39, 0.29) is 17.7 Å². The van der Waals surface area contributed by atoms with Crippen molar-refractivity contribution in [1.29, 1.82) is 0 Å². The molecule has 2 aliphatic rings. The van der Waals surface area contributed by atoms with Gasteiger partial charge in [0, 0.05) is 11.6 Å². The molecule has 0 atom stereocenters. The van der Waals surface area contributed by atoms with E-state index in [1.54, 1.807) is 18.3 Å². The molecule has 0 bridgehead atoms. The lowest BCUT2D eigenvalue weighted by molar-refractivity contribution is -0.177. The number of fused-ring (bicyclic) bond motifs is 1. The monoisotopic (exact) mass is 385 g/mol. The molecule has 150 valence electrons. The van der Waals surface area contributed by atoms with Gasteiger partial charge >= 0.3 is 5.97 Å². The number of nitrogens with zero attached hydrogens (tertiary/aromatic N) is 1. The fraction of sp³-hybridized carbons (Fsp3) is 0.565. The molecule has 1 aromatic carbocycles. The SMILES string of the molecule is CC(C)(C)OC(=O)C1(C2(O)CCC(c3ccnc4ccc(F)cc34)CC2)CC1. The third-order valence-corrected chi connectivity index (χ3v) is 6.42. The number of rotatable bonds is 3. The number of halogens is 1. The van der Waals surface area contributed by atoms with Crippen LogP contribution in [0.2, 0.25) is 0 Å². The van der Waals surface area contributed by atoms with Crippen molar-refractivity contribution in [2.24, 2.45) is 5.41 Å². The molecule has 0 aliphatic heterocycles. The molecule has 2 saturated carbocycles. The zero-order chi connectivity index (χ0) is 20.2. The highest BCUT2D eigenvalue weighted by Crippen LogP contribution is 2.61. The van der Waals surface area contributed by atoms with Crippen LogP contribution in [0, 0.1) is 11.2 Å². The average Bonchev–Trinajstić information content (AvgIpc) is 3.43. The fourth-order valence-electron chi connectivity index (χ4n) is 4.74. The Balaban J connectivity index is 1.54. The molecule has 2 fully saturated rings. The number of ether oxygens (including phenoxy) is 1. The van der Waals surface area contributed by atoms with Crippen LogP contribution in [0.1, 0.15) is 70.8 Å². The lowest BCUT2D eigenvalue weighted by Gasteiger charge is -2.42. The van der Waals surface area contributed by atoms with Crippen LogP contribution < -0.4 is 0 Å². The van der Waals surface area contributed by atoms with Gasteiger partial charge in [-0.2, -0.15) is 0 Å². The van der Waals surface area contributed by atoms with Crippen molar-refractivity contribution >= 4 is 16.9 Å². The zero-order valence-corrected chi connectivity index (χ0v) is 16.8. The van der Waals surface area contributed by atoms with Crippen molar-refractivity contribution in [3.63, 3.8) is 0 Å². The summed E-state index contributed by atoms with van der Waals surface area (Å²) in [6.45, 7) is 5.57. The summed E-state index contributed by atoms with van der Waals surface area (Å²) in [6, 6.07) is 6.63. The molecule has 4 nitrogen and oxygen atoms in total. The van der Waals surface area contributed by atoms with Gasteiger partial charge in [-0.3, -0.25) is 9.78 Å². The molecular weight excluding hydrogens is 357 g/mol. The van der Waals surface area contributed by atoms with Crippen molar-refractivity contribution in [2.75, 3.05) is 0 Å². The van der Waals surface area contributed by atoms with Gasteiger partial charge in [0.15, 0.2) is 0 Å². The van der Waals surface area contributed by atoms with Gasteiger partial charge in [0.2, 0.25) is 0 Å². The van der Waals surface area contributed by atoms with E-state index in [2.05, 4.69) is 4.98 Å². The molecule has 28 heavy (non-hydrogen) atoms. The summed E-state index contributed by atoms with van der Waals surface area (Å²) in [6.07, 6.45) is 5.76. The van der Waals surface area contributed by atoms with Crippen LogP contribution in [-0.2, 0) is 9.53 Å². The van der Waals surface area contributed by atoms with Gasteiger partial charge in [0.05, 0.1) is 16.5 Å². The Bertz CT molecular complexity index is 906. The number of carbonyl (C=O) groups is 1. The fourth-order valence-corrected chi connectivity index (χ4v) is 4.74. The average molecular weight is 385 g/mol. The van der Waals surface area contributed by atoms with Crippen molar-refractivity contribution in [2.45, 2.75) is 76.4 Å². The second kappa shape index (κ2) is 6.51. The maximum atomic E-state index is 13.8. The summed E-state index contributed by atoms with van der Waals surface area (Å²) in [5, 5.41) is 12.2. The largest absolute Gasteiger partial charge is 0.459 e. The molecule has 1 aromatic heterocycles. The molecular formula is C23H28FNO3. The van der Waals surface area contributed by atoms with Crippen LogP contribution >= 0.6 is 0 Å². The number of carbonyl (C=O) groups excluding carboxylic acids is 1. The third-order valence-electron chi connectivity index (χ3n) is 6.42. The van der Waals surface area contributed by atoms with Crippen molar-refractivity contribution < 1.29 is 19.0 Å². The number of aliphatic hydroxyl groups is 1. The summed E-state index contributed by atoms with van der Waals surface area (Å²) in [7, 11) is 0. The highest BCUT2D eigenvalue weighted by molar-refractivity contribution is 5.83. The molecule has 0 radical (unpaired) electrons. The van der Waals surface area contributed by atoms with Gasteiger partial charge in [-0.25, -0.2) is 4.39 Å². The van der Waals surface area contributed by atoms with Gasteiger partial charge in [-0.15, -0.1) is 0 Å². The van der Waals surface area contributed by atoms with Crippen molar-refractivity contribution in [3.8, 4) is 0 Å². The molecule has 1 N–H and O–H groups in total. The Kier molecular flexibility index (Phi) is 4.49. The number of hydrogen-bond donors (Lipinski definition) is 1. The number of esters is 1. The molecule has 5 heteroatoms. The highest BCUT2D eigenvalue weighted by Gasteiger charge is 2.65. The number of aromatic nitrogens is 1. The lowest BCUT2D eigenvalue weighted by Crippen LogP contribution is -2.48. The van der Waals surface area contributed by atoms with E-state index in [1.165, 1.54) is 6.07 Å². The van der Waals surface area contributed by atoms with E-state index in [0.717, 1.165) is 29.3 Å². The smallest absolute Gasteiger partial charge is 0.315 e. The van der Waals surface area contributed by atoms with Crippen molar-refractivity contribution in [3.05, 3.63) is 41.8 Å². The number of hydrogen-bond acceptors (Lipinski definition) is 4.